The molecule has 0 atom stereocenters. The van der Waals surface area contributed by atoms with E-state index in [1.165, 1.54) is 7.11 Å². The molecule has 3 aromatic rings. The molecule has 8 heteroatoms. The van der Waals surface area contributed by atoms with Crippen molar-refractivity contribution in [2.75, 3.05) is 25.6 Å². The number of thiophene rings is 1. The van der Waals surface area contributed by atoms with Crippen LogP contribution in [-0.4, -0.2) is 38.0 Å². The van der Waals surface area contributed by atoms with Gasteiger partial charge in [-0.1, -0.05) is 42.5 Å². The fraction of sp³-hybridized carbons (Fsp3) is 0.240. The van der Waals surface area contributed by atoms with Crippen molar-refractivity contribution in [3.63, 3.8) is 0 Å². The molecule has 2 N–H and O–H groups in total. The zero-order valence-electron chi connectivity index (χ0n) is 18.8. The van der Waals surface area contributed by atoms with Crippen molar-refractivity contribution in [2.24, 2.45) is 0 Å². The number of hydrogen-bond acceptors (Lipinski definition) is 6. The van der Waals surface area contributed by atoms with Gasteiger partial charge in [-0.15, -0.1) is 11.3 Å². The van der Waals surface area contributed by atoms with E-state index in [2.05, 4.69) is 10.6 Å². The van der Waals surface area contributed by atoms with Crippen LogP contribution in [0.5, 0.6) is 5.75 Å². The Kier molecular flexibility index (Phi) is 8.21. The monoisotopic (exact) mass is 466 g/mol. The number of para-hydroxylation sites is 1. The van der Waals surface area contributed by atoms with Crippen molar-refractivity contribution < 1.29 is 23.9 Å². The summed E-state index contributed by atoms with van der Waals surface area (Å²) in [5.41, 5.74) is 2.07. The molecule has 0 fully saturated rings. The topological polar surface area (TPSA) is 93.7 Å². The maximum atomic E-state index is 12.9. The number of hydrogen-bond donors (Lipinski definition) is 2. The highest BCUT2D eigenvalue weighted by Gasteiger charge is 2.27. The summed E-state index contributed by atoms with van der Waals surface area (Å²) >= 11 is 1.05. The molecule has 2 aromatic carbocycles. The van der Waals surface area contributed by atoms with Crippen LogP contribution < -0.4 is 15.4 Å². The molecule has 1 aromatic heterocycles. The van der Waals surface area contributed by atoms with E-state index in [4.69, 9.17) is 9.47 Å². The number of rotatable bonds is 9. The van der Waals surface area contributed by atoms with Crippen LogP contribution in [-0.2, 0) is 11.2 Å². The second-order valence-corrected chi connectivity index (χ2v) is 8.15. The zero-order chi connectivity index (χ0) is 23.8. The quantitative estimate of drug-likeness (QED) is 0.454. The molecule has 0 radical (unpaired) electrons. The summed E-state index contributed by atoms with van der Waals surface area (Å²) < 4.78 is 10.4. The fourth-order valence-electron chi connectivity index (χ4n) is 3.32. The van der Waals surface area contributed by atoms with Crippen LogP contribution in [0.2, 0.25) is 0 Å². The van der Waals surface area contributed by atoms with E-state index in [1.807, 2.05) is 30.3 Å². The lowest BCUT2D eigenvalue weighted by molar-refractivity contribution is 0.0527. The molecule has 0 aliphatic carbocycles. The lowest BCUT2D eigenvalue weighted by Gasteiger charge is -2.09. The summed E-state index contributed by atoms with van der Waals surface area (Å²) in [5, 5.41) is 5.91. The predicted molar refractivity (Wildman–Crippen MR) is 128 cm³/mol. The number of carbonyl (C=O) groups excluding carboxylic acids is 3. The molecule has 2 amide bonds. The first kappa shape index (κ1) is 24.0. The van der Waals surface area contributed by atoms with Crippen LogP contribution in [0.4, 0.5) is 5.00 Å². The van der Waals surface area contributed by atoms with Crippen LogP contribution in [0, 0.1) is 6.92 Å². The van der Waals surface area contributed by atoms with Gasteiger partial charge in [-0.3, -0.25) is 9.59 Å². The summed E-state index contributed by atoms with van der Waals surface area (Å²) in [7, 11) is 1.48. The average Bonchev–Trinajstić information content (AvgIpc) is 3.15. The van der Waals surface area contributed by atoms with Gasteiger partial charge in [0.05, 0.1) is 29.7 Å². The molecular weight excluding hydrogens is 440 g/mol. The lowest BCUT2D eigenvalue weighted by Crippen LogP contribution is -2.25. The highest BCUT2D eigenvalue weighted by atomic mass is 32.1. The van der Waals surface area contributed by atoms with Gasteiger partial charge in [-0.2, -0.15) is 0 Å². The molecule has 172 valence electrons. The van der Waals surface area contributed by atoms with Crippen molar-refractivity contribution in [3.8, 4) is 5.75 Å². The Hall–Kier alpha value is -3.65. The number of benzene rings is 2. The average molecular weight is 467 g/mol. The Balaban J connectivity index is 1.83. The number of methoxy groups -OCH3 is 1. The third-order valence-electron chi connectivity index (χ3n) is 4.95. The first-order valence-corrected chi connectivity index (χ1v) is 11.3. The molecule has 0 saturated carbocycles. The zero-order valence-corrected chi connectivity index (χ0v) is 19.6. The molecule has 0 aliphatic heterocycles. The third kappa shape index (κ3) is 5.78. The van der Waals surface area contributed by atoms with Crippen LogP contribution in [0.1, 0.15) is 48.4 Å². The normalized spacial score (nSPS) is 10.4. The number of esters is 1. The largest absolute Gasteiger partial charge is 0.496 e. The second-order valence-electron chi connectivity index (χ2n) is 7.13. The van der Waals surface area contributed by atoms with Crippen LogP contribution in [0.25, 0.3) is 0 Å². The van der Waals surface area contributed by atoms with Gasteiger partial charge in [0, 0.05) is 6.54 Å². The highest BCUT2D eigenvalue weighted by Crippen LogP contribution is 2.34. The van der Waals surface area contributed by atoms with Crippen molar-refractivity contribution in [1.29, 1.82) is 0 Å². The van der Waals surface area contributed by atoms with Gasteiger partial charge in [0.25, 0.3) is 11.8 Å². The van der Waals surface area contributed by atoms with E-state index in [1.54, 1.807) is 38.1 Å². The number of carbonyl (C=O) groups is 3. The number of ether oxygens (including phenoxy) is 2. The van der Waals surface area contributed by atoms with E-state index in [9.17, 15) is 14.4 Å². The number of anilines is 1. The molecule has 0 spiro atoms. The van der Waals surface area contributed by atoms with Gasteiger partial charge in [-0.05, 0) is 43.5 Å². The van der Waals surface area contributed by atoms with Gasteiger partial charge in [0.15, 0.2) is 0 Å². The third-order valence-corrected chi connectivity index (χ3v) is 6.16. The first-order chi connectivity index (χ1) is 16.0. The minimum Gasteiger partial charge on any atom is -0.496 e. The Bertz CT molecular complexity index is 1140. The fourth-order valence-corrected chi connectivity index (χ4v) is 4.42. The molecule has 1 heterocycles. The van der Waals surface area contributed by atoms with E-state index in [0.717, 1.165) is 16.9 Å². The Labute approximate surface area is 196 Å². The van der Waals surface area contributed by atoms with Crippen molar-refractivity contribution in [3.05, 3.63) is 81.7 Å². The van der Waals surface area contributed by atoms with Gasteiger partial charge in [-0.25, -0.2) is 4.79 Å². The summed E-state index contributed by atoms with van der Waals surface area (Å²) in [5.74, 6) is -0.947. The first-order valence-electron chi connectivity index (χ1n) is 10.5. The molecule has 7 nitrogen and oxygen atoms in total. The standard InChI is InChI=1S/C25H26N2O5S/c1-4-32-25(30)20-16(2)21(23(29)26-15-14-17-10-6-5-7-11-17)33-24(20)27-22(28)18-12-8-9-13-19(18)31-3/h5-13H,4,14-15H2,1-3H3,(H,26,29)(H,27,28). The lowest BCUT2D eigenvalue weighted by atomic mass is 10.1. The summed E-state index contributed by atoms with van der Waals surface area (Å²) in [4.78, 5) is 38.8. The second kappa shape index (κ2) is 11.3. The number of amides is 2. The van der Waals surface area contributed by atoms with Gasteiger partial charge >= 0.3 is 5.97 Å². The molecule has 33 heavy (non-hydrogen) atoms. The Morgan fingerprint density at radius 1 is 0.970 bits per heavy atom. The molecular formula is C25H26N2O5S. The van der Waals surface area contributed by atoms with Gasteiger partial charge < -0.3 is 20.1 Å². The Morgan fingerprint density at radius 3 is 2.36 bits per heavy atom. The molecule has 0 aliphatic rings. The summed E-state index contributed by atoms with van der Waals surface area (Å²) in [6, 6.07) is 16.6. The number of nitrogens with one attached hydrogen (secondary N) is 2. The SMILES string of the molecule is CCOC(=O)c1c(NC(=O)c2ccccc2OC)sc(C(=O)NCCc2ccccc2)c1C. The van der Waals surface area contributed by atoms with Gasteiger partial charge in [0.1, 0.15) is 10.8 Å². The minimum atomic E-state index is -0.593. The molecule has 0 unspecified atom stereocenters. The van der Waals surface area contributed by atoms with Crippen molar-refractivity contribution in [1.82, 2.24) is 5.32 Å². The van der Waals surface area contributed by atoms with E-state index in [-0.39, 0.29) is 23.1 Å². The molecule has 0 bridgehead atoms. The van der Waals surface area contributed by atoms with Gasteiger partial charge in [0.2, 0.25) is 0 Å². The highest BCUT2D eigenvalue weighted by molar-refractivity contribution is 7.18. The van der Waals surface area contributed by atoms with E-state index in [0.29, 0.717) is 34.7 Å². The van der Waals surface area contributed by atoms with Crippen LogP contribution in [0.3, 0.4) is 0 Å². The maximum Gasteiger partial charge on any atom is 0.341 e. The van der Waals surface area contributed by atoms with E-state index >= 15 is 0 Å². The van der Waals surface area contributed by atoms with E-state index < -0.39 is 11.9 Å². The minimum absolute atomic E-state index is 0.173. The van der Waals surface area contributed by atoms with Crippen LogP contribution in [0.15, 0.2) is 54.6 Å². The summed E-state index contributed by atoms with van der Waals surface area (Å²) in [6.45, 7) is 3.99. The Morgan fingerprint density at radius 2 is 1.67 bits per heavy atom. The molecule has 0 saturated heterocycles. The van der Waals surface area contributed by atoms with Crippen LogP contribution >= 0.6 is 11.3 Å². The van der Waals surface area contributed by atoms with Crippen molar-refractivity contribution in [2.45, 2.75) is 20.3 Å². The van der Waals surface area contributed by atoms with Crippen molar-refractivity contribution >= 4 is 34.1 Å². The maximum absolute atomic E-state index is 12.9. The summed E-state index contributed by atoms with van der Waals surface area (Å²) in [6.07, 6.45) is 0.680. The predicted octanol–water partition coefficient (Wildman–Crippen LogP) is 4.47. The molecule has 3 rings (SSSR count). The smallest absolute Gasteiger partial charge is 0.341 e.